The average Bonchev–Trinajstić information content (AvgIpc) is 3.76. The summed E-state index contributed by atoms with van der Waals surface area (Å²) in [6.45, 7) is 5.88. The van der Waals surface area contributed by atoms with Gasteiger partial charge < -0.3 is 47.6 Å². The highest BCUT2D eigenvalue weighted by Crippen LogP contribution is 2.21. The third-order valence-electron chi connectivity index (χ3n) is 11.6. The number of nitrogens with two attached hydrogens (primary N) is 1. The van der Waals surface area contributed by atoms with E-state index in [0.29, 0.717) is 32.2 Å². The maximum atomic E-state index is 14.3. The zero-order valence-corrected chi connectivity index (χ0v) is 38.5. The lowest BCUT2D eigenvalue weighted by Crippen LogP contribution is -2.62. The molecule has 0 saturated carbocycles. The van der Waals surface area contributed by atoms with Gasteiger partial charge in [0, 0.05) is 25.9 Å². The lowest BCUT2D eigenvalue weighted by molar-refractivity contribution is -0.139. The summed E-state index contributed by atoms with van der Waals surface area (Å²) in [5, 5.41) is 26.0. The number of unbranched alkanes of at least 4 members (excludes halogenated alkanes) is 5. The van der Waals surface area contributed by atoms with Crippen molar-refractivity contribution in [2.45, 2.75) is 160 Å². The largest absolute Gasteiger partial charge is 0.394 e. The average molecular weight is 917 g/mol. The van der Waals surface area contributed by atoms with E-state index in [1.165, 1.54) is 24.3 Å². The number of hydrogen-bond acceptors (Lipinski definition) is 11. The Balaban J connectivity index is 1.92. The predicted molar refractivity (Wildman–Crippen MR) is 237 cm³/mol. The number of amides is 8. The number of hydrogen-bond donors (Lipinski definition) is 8. The van der Waals surface area contributed by atoms with Gasteiger partial charge >= 0.3 is 8.69 Å². The van der Waals surface area contributed by atoms with E-state index in [1.807, 2.05) is 32.0 Å². The molecule has 0 aromatic heterocycles. The second-order valence-corrected chi connectivity index (χ2v) is 17.6. The molecule has 2 aliphatic heterocycles. The maximum absolute atomic E-state index is 14.3. The van der Waals surface area contributed by atoms with Crippen LogP contribution in [0.4, 0.5) is 0 Å². The van der Waals surface area contributed by atoms with Crippen LogP contribution in [0.15, 0.2) is 30.3 Å². The van der Waals surface area contributed by atoms with Crippen LogP contribution in [-0.2, 0) is 53.9 Å². The molecule has 20 heteroatoms. The van der Waals surface area contributed by atoms with E-state index in [0.717, 1.165) is 38.5 Å². The Kier molecular flexibility index (Phi) is 23.4. The highest BCUT2D eigenvalue weighted by atomic mass is 31.1. The number of carbonyl (C=O) groups excluding carboxylic acids is 8. The molecule has 2 heterocycles. The van der Waals surface area contributed by atoms with E-state index in [4.69, 9.17) is 10.3 Å². The first-order chi connectivity index (χ1) is 30.6. The number of nitrogens with one attached hydrogen (secondary N) is 6. The molecule has 9 N–H and O–H groups in total. The van der Waals surface area contributed by atoms with Gasteiger partial charge in [-0.3, -0.25) is 42.9 Å². The predicted octanol–water partition coefficient (Wildman–Crippen LogP) is 1.45. The van der Waals surface area contributed by atoms with E-state index in [9.17, 15) is 48.0 Å². The van der Waals surface area contributed by atoms with Crippen LogP contribution in [-0.4, -0.2) is 119 Å². The summed E-state index contributed by atoms with van der Waals surface area (Å²) in [5.74, 6) is -6.74. The van der Waals surface area contributed by atoms with E-state index >= 15 is 0 Å². The summed E-state index contributed by atoms with van der Waals surface area (Å²) >= 11 is 0. The van der Waals surface area contributed by atoms with Crippen molar-refractivity contribution in [2.24, 2.45) is 17.6 Å². The Morgan fingerprint density at radius 1 is 0.891 bits per heavy atom. The van der Waals surface area contributed by atoms with Crippen molar-refractivity contribution in [3.63, 3.8) is 0 Å². The van der Waals surface area contributed by atoms with Gasteiger partial charge in [-0.25, -0.2) is 4.57 Å². The van der Waals surface area contributed by atoms with Gasteiger partial charge in [-0.1, -0.05) is 76.3 Å². The van der Waals surface area contributed by atoms with Gasteiger partial charge in [0.2, 0.25) is 47.3 Å². The van der Waals surface area contributed by atoms with Crippen LogP contribution >= 0.6 is 8.69 Å². The van der Waals surface area contributed by atoms with Crippen LogP contribution in [0.3, 0.4) is 0 Å². The van der Waals surface area contributed by atoms with E-state index < -0.39 is 105 Å². The molecular formula is C44H69N8O11P. The second kappa shape index (κ2) is 28.0. The third-order valence-corrected chi connectivity index (χ3v) is 12.1. The summed E-state index contributed by atoms with van der Waals surface area (Å²) in [7, 11) is -0.825. The molecule has 19 nitrogen and oxygen atoms in total. The molecule has 0 aliphatic carbocycles. The smallest absolute Gasteiger partial charge is 0.327 e. The van der Waals surface area contributed by atoms with E-state index in [1.54, 1.807) is 0 Å². The lowest BCUT2D eigenvalue weighted by Gasteiger charge is -2.29. The Bertz CT molecular complexity index is 1740. The van der Waals surface area contributed by atoms with Gasteiger partial charge in [0.15, 0.2) is 0 Å². The van der Waals surface area contributed by atoms with E-state index in [2.05, 4.69) is 44.0 Å². The van der Waals surface area contributed by atoms with Gasteiger partial charge in [-0.2, -0.15) is 0 Å². The standard InChI is InChI=1S/C44H69N8O11P/c1-27(2)24-33(49-43(60)36-21-15-23-52(36)29(4)54)40(57)48-34-25-31(19-13-8-6-5-7-10-16-30-17-11-9-12-18-30)39(56)46-22-14-20-32(38(45)55)47-44(61)37(28(3)63-64-62)51-42(59)35(26-53)50-41(34)58/h9,11-12,17-18,27-28,31-37,53H,5-8,10,13-16,19-26H2,1-4H3,(H2,45,55)(H,46,56)(H,47,61)(H,48,57)(H,49,60)(H,50,58)(H,51,59)/t28-,31+,32+,33+,34+,35+,36+,37+/m1/s1. The van der Waals surface area contributed by atoms with Crippen molar-refractivity contribution in [1.29, 1.82) is 0 Å². The minimum Gasteiger partial charge on any atom is -0.394 e. The third kappa shape index (κ3) is 17.9. The molecule has 0 unspecified atom stereocenters. The molecule has 0 bridgehead atoms. The number of primary amides is 1. The molecule has 2 saturated heterocycles. The summed E-state index contributed by atoms with van der Waals surface area (Å²) in [4.78, 5) is 109. The first-order valence-electron chi connectivity index (χ1n) is 22.6. The molecule has 356 valence electrons. The topological polar surface area (TPSA) is 285 Å². The fourth-order valence-corrected chi connectivity index (χ4v) is 8.31. The van der Waals surface area contributed by atoms with Gasteiger partial charge in [0.25, 0.3) is 0 Å². The fraction of sp³-hybridized carbons (Fsp3) is 0.682. The molecule has 8 atom stereocenters. The molecule has 3 rings (SSSR count). The Morgan fingerprint density at radius 3 is 2.22 bits per heavy atom. The molecular weight excluding hydrogens is 848 g/mol. The Hall–Kier alpha value is -5.00. The normalized spacial score (nSPS) is 23.8. The molecule has 2 aliphatic rings. The van der Waals surface area contributed by atoms with Crippen LogP contribution in [0.1, 0.15) is 117 Å². The van der Waals surface area contributed by atoms with Crippen molar-refractivity contribution in [3.8, 4) is 0 Å². The summed E-state index contributed by atoms with van der Waals surface area (Å²) in [6.07, 6.45) is 6.58. The molecule has 64 heavy (non-hydrogen) atoms. The maximum Gasteiger partial charge on any atom is 0.327 e. The van der Waals surface area contributed by atoms with Crippen molar-refractivity contribution >= 4 is 55.9 Å². The number of carbonyl (C=O) groups is 8. The molecule has 2 fully saturated rings. The minimum atomic E-state index is -1.71. The van der Waals surface area contributed by atoms with Crippen molar-refractivity contribution in [1.82, 2.24) is 36.8 Å². The van der Waals surface area contributed by atoms with Gasteiger partial charge in [-0.05, 0) is 76.2 Å². The Labute approximate surface area is 377 Å². The number of aryl methyl sites for hydroxylation is 1. The monoisotopic (exact) mass is 916 g/mol. The zero-order chi connectivity index (χ0) is 47.2. The fourth-order valence-electron chi connectivity index (χ4n) is 8.06. The van der Waals surface area contributed by atoms with Crippen LogP contribution < -0.4 is 37.6 Å². The van der Waals surface area contributed by atoms with Crippen LogP contribution in [0.5, 0.6) is 0 Å². The Morgan fingerprint density at radius 2 is 1.58 bits per heavy atom. The van der Waals surface area contributed by atoms with Crippen LogP contribution in [0.25, 0.3) is 0 Å². The number of benzene rings is 1. The molecule has 1 aromatic carbocycles. The molecule has 8 amide bonds. The first-order valence-corrected chi connectivity index (χ1v) is 23.3. The quantitative estimate of drug-likeness (QED) is 0.0685. The lowest BCUT2D eigenvalue weighted by atomic mass is 9.91. The summed E-state index contributed by atoms with van der Waals surface area (Å²) in [5.41, 5.74) is 6.88. The number of likely N-dealkylation sites (tertiary alicyclic amines) is 1. The highest BCUT2D eigenvalue weighted by Gasteiger charge is 2.38. The molecule has 1 aromatic rings. The van der Waals surface area contributed by atoms with Crippen molar-refractivity contribution in [3.05, 3.63) is 35.9 Å². The number of nitrogens with zero attached hydrogens (tertiary/aromatic N) is 1. The molecule has 0 spiro atoms. The van der Waals surface area contributed by atoms with Gasteiger partial charge in [0.05, 0.1) is 12.7 Å². The minimum absolute atomic E-state index is 0.00200. The summed E-state index contributed by atoms with van der Waals surface area (Å²) in [6, 6.07) is 2.33. The second-order valence-electron chi connectivity index (χ2n) is 17.2. The van der Waals surface area contributed by atoms with E-state index in [-0.39, 0.29) is 44.1 Å². The SMILES string of the molecule is CC(=O)N1CCC[C@H]1C(=O)N[C@@H](CC(C)C)C(=O)N[C@H]1C[C@H](CCCCCCCCc2ccccc2)C(=O)NCCC[C@@H](C(N)=O)NC(=O)[C@H]([C@@H](C)OP=O)NC(=O)[C@H](CO)NC1=O. The number of aliphatic hydroxyl groups is 1. The summed E-state index contributed by atoms with van der Waals surface area (Å²) < 4.78 is 16.4. The number of rotatable bonds is 20. The van der Waals surface area contributed by atoms with Gasteiger partial charge in [0.1, 0.15) is 36.3 Å². The van der Waals surface area contributed by atoms with Gasteiger partial charge in [-0.15, -0.1) is 0 Å². The van der Waals surface area contributed by atoms with Crippen LogP contribution in [0.2, 0.25) is 0 Å². The number of aliphatic hydroxyl groups excluding tert-OH is 1. The highest BCUT2D eigenvalue weighted by molar-refractivity contribution is 7.17. The van der Waals surface area contributed by atoms with Crippen molar-refractivity contribution in [2.75, 3.05) is 19.7 Å². The molecule has 0 radical (unpaired) electrons. The van der Waals surface area contributed by atoms with Crippen LogP contribution in [0, 0.1) is 11.8 Å². The first kappa shape index (κ1) is 53.3. The van der Waals surface area contributed by atoms with Crippen molar-refractivity contribution < 1.29 is 52.6 Å². The zero-order valence-electron chi connectivity index (χ0n) is 37.6.